The summed E-state index contributed by atoms with van der Waals surface area (Å²) in [6.07, 6.45) is 11.4. The number of carbonyl (C=O) groups excluding carboxylic acids is 1. The van der Waals surface area contributed by atoms with Gasteiger partial charge in [0.05, 0.1) is 0 Å². The van der Waals surface area contributed by atoms with Gasteiger partial charge < -0.3 is 10.2 Å². The Balaban J connectivity index is 2.21. The van der Waals surface area contributed by atoms with Crippen LogP contribution in [0.15, 0.2) is 25.3 Å². The molecule has 0 unspecified atom stereocenters. The molecule has 18 heavy (non-hydrogen) atoms. The van der Waals surface area contributed by atoms with E-state index in [2.05, 4.69) is 18.5 Å². The fraction of sp³-hybridized carbons (Fsp3) is 0.667. The molecule has 1 rings (SSSR count). The van der Waals surface area contributed by atoms with Crippen molar-refractivity contribution in [1.29, 1.82) is 0 Å². The summed E-state index contributed by atoms with van der Waals surface area (Å²) in [6, 6.07) is -0.00869. The molecule has 1 aliphatic rings. The topological polar surface area (TPSA) is 32.3 Å². The molecular formula is C15H26N2O. The van der Waals surface area contributed by atoms with Crippen molar-refractivity contribution in [3.05, 3.63) is 25.3 Å². The summed E-state index contributed by atoms with van der Waals surface area (Å²) in [5.74, 6) is 0.811. The molecular weight excluding hydrogens is 224 g/mol. The summed E-state index contributed by atoms with van der Waals surface area (Å²) in [6.45, 7) is 9.25. The molecule has 0 aliphatic heterocycles. The molecule has 3 heteroatoms. The lowest BCUT2D eigenvalue weighted by atomic mass is 9.87. The second-order valence-corrected chi connectivity index (χ2v) is 5.01. The van der Waals surface area contributed by atoms with Crippen molar-refractivity contribution in [2.75, 3.05) is 19.6 Å². The lowest BCUT2D eigenvalue weighted by Crippen LogP contribution is -2.40. The van der Waals surface area contributed by atoms with Gasteiger partial charge in [-0.15, -0.1) is 13.2 Å². The number of hydrogen-bond donors (Lipinski definition) is 1. The minimum atomic E-state index is -0.00869. The normalized spacial score (nSPS) is 16.0. The van der Waals surface area contributed by atoms with Gasteiger partial charge in [0.15, 0.2) is 0 Å². The van der Waals surface area contributed by atoms with Crippen LogP contribution in [0.3, 0.4) is 0 Å². The highest BCUT2D eigenvalue weighted by atomic mass is 16.2. The molecule has 0 saturated heterocycles. The molecule has 1 aliphatic carbocycles. The van der Waals surface area contributed by atoms with Crippen LogP contribution in [0.4, 0.5) is 4.79 Å². The third kappa shape index (κ3) is 5.39. The van der Waals surface area contributed by atoms with Crippen LogP contribution in [0.25, 0.3) is 0 Å². The first-order valence-corrected chi connectivity index (χ1v) is 7.02. The Labute approximate surface area is 111 Å². The minimum Gasteiger partial charge on any atom is -0.338 e. The first-order chi connectivity index (χ1) is 8.77. The van der Waals surface area contributed by atoms with Crippen molar-refractivity contribution < 1.29 is 4.79 Å². The Morgan fingerprint density at radius 3 is 2.33 bits per heavy atom. The number of nitrogens with zero attached hydrogens (tertiary/aromatic N) is 1. The van der Waals surface area contributed by atoms with Gasteiger partial charge in [0.2, 0.25) is 0 Å². The lowest BCUT2D eigenvalue weighted by Gasteiger charge is -2.23. The zero-order valence-corrected chi connectivity index (χ0v) is 11.4. The second-order valence-electron chi connectivity index (χ2n) is 5.01. The third-order valence-corrected chi connectivity index (χ3v) is 3.54. The van der Waals surface area contributed by atoms with Gasteiger partial charge >= 0.3 is 6.03 Å². The first-order valence-electron chi connectivity index (χ1n) is 7.02. The van der Waals surface area contributed by atoms with Crippen molar-refractivity contribution in [2.45, 2.75) is 38.5 Å². The Morgan fingerprint density at radius 1 is 1.17 bits per heavy atom. The lowest BCUT2D eigenvalue weighted by molar-refractivity contribution is 0.206. The van der Waals surface area contributed by atoms with Crippen LogP contribution in [0.1, 0.15) is 38.5 Å². The van der Waals surface area contributed by atoms with Crippen LogP contribution in [0.2, 0.25) is 0 Å². The first kappa shape index (κ1) is 14.8. The predicted octanol–water partition coefficient (Wildman–Crippen LogP) is 3.34. The second kappa shape index (κ2) is 8.78. The number of nitrogens with one attached hydrogen (secondary N) is 1. The third-order valence-electron chi connectivity index (χ3n) is 3.54. The van der Waals surface area contributed by atoms with Crippen molar-refractivity contribution >= 4 is 6.03 Å². The highest BCUT2D eigenvalue weighted by molar-refractivity contribution is 5.74. The molecule has 0 aromatic heterocycles. The molecule has 3 nitrogen and oxygen atoms in total. The maximum absolute atomic E-state index is 11.9. The monoisotopic (exact) mass is 250 g/mol. The van der Waals surface area contributed by atoms with Crippen LogP contribution < -0.4 is 5.32 Å². The molecule has 0 atom stereocenters. The molecule has 0 bridgehead atoms. The van der Waals surface area contributed by atoms with Crippen LogP contribution in [0.5, 0.6) is 0 Å². The van der Waals surface area contributed by atoms with Gasteiger partial charge in [0.1, 0.15) is 0 Å². The van der Waals surface area contributed by atoms with Crippen LogP contribution in [0, 0.1) is 5.92 Å². The van der Waals surface area contributed by atoms with Gasteiger partial charge in [-0.05, 0) is 12.3 Å². The van der Waals surface area contributed by atoms with E-state index in [4.69, 9.17) is 0 Å². The number of amides is 2. The number of rotatable bonds is 7. The largest absolute Gasteiger partial charge is 0.338 e. The minimum absolute atomic E-state index is 0.00869. The highest BCUT2D eigenvalue weighted by Crippen LogP contribution is 2.25. The maximum atomic E-state index is 11.9. The molecule has 2 amide bonds. The molecule has 0 heterocycles. The summed E-state index contributed by atoms with van der Waals surface area (Å²) in [4.78, 5) is 13.6. The fourth-order valence-electron chi connectivity index (χ4n) is 2.52. The van der Waals surface area contributed by atoms with E-state index in [-0.39, 0.29) is 6.03 Å². The molecule has 0 spiro atoms. The van der Waals surface area contributed by atoms with Gasteiger partial charge in [-0.3, -0.25) is 0 Å². The molecule has 1 saturated carbocycles. The molecule has 0 radical (unpaired) electrons. The zero-order valence-electron chi connectivity index (χ0n) is 11.4. The van der Waals surface area contributed by atoms with Crippen LogP contribution >= 0.6 is 0 Å². The molecule has 0 aromatic rings. The van der Waals surface area contributed by atoms with Gasteiger partial charge in [-0.1, -0.05) is 44.3 Å². The van der Waals surface area contributed by atoms with E-state index >= 15 is 0 Å². The smallest absolute Gasteiger partial charge is 0.317 e. The number of hydrogen-bond acceptors (Lipinski definition) is 1. The summed E-state index contributed by atoms with van der Waals surface area (Å²) in [5.41, 5.74) is 0. The van der Waals surface area contributed by atoms with E-state index in [1.54, 1.807) is 17.1 Å². The highest BCUT2D eigenvalue weighted by Gasteiger charge is 2.14. The van der Waals surface area contributed by atoms with E-state index in [1.165, 1.54) is 32.1 Å². The average molecular weight is 250 g/mol. The van der Waals surface area contributed by atoms with Crippen molar-refractivity contribution in [3.8, 4) is 0 Å². The Hall–Kier alpha value is -1.25. The average Bonchev–Trinajstić information content (AvgIpc) is 2.39. The van der Waals surface area contributed by atoms with E-state index in [0.717, 1.165) is 18.9 Å². The van der Waals surface area contributed by atoms with Gasteiger partial charge in [0, 0.05) is 19.6 Å². The summed E-state index contributed by atoms with van der Waals surface area (Å²) >= 11 is 0. The predicted molar refractivity (Wildman–Crippen MR) is 76.6 cm³/mol. The van der Waals surface area contributed by atoms with Crippen molar-refractivity contribution in [3.63, 3.8) is 0 Å². The van der Waals surface area contributed by atoms with Crippen molar-refractivity contribution in [1.82, 2.24) is 10.2 Å². The van der Waals surface area contributed by atoms with Crippen molar-refractivity contribution in [2.24, 2.45) is 5.92 Å². The summed E-state index contributed by atoms with van der Waals surface area (Å²) in [7, 11) is 0. The van der Waals surface area contributed by atoms with E-state index in [9.17, 15) is 4.79 Å². The molecule has 1 fully saturated rings. The standard InChI is InChI=1S/C15H26N2O/c1-3-12-17(13-4-2)15(18)16-11-10-14-8-6-5-7-9-14/h3-4,14H,1-2,5-13H2,(H,16,18). The molecule has 0 aromatic carbocycles. The fourth-order valence-corrected chi connectivity index (χ4v) is 2.52. The zero-order chi connectivity index (χ0) is 13.2. The van der Waals surface area contributed by atoms with Crippen LogP contribution in [-0.2, 0) is 0 Å². The Morgan fingerprint density at radius 2 is 1.78 bits per heavy atom. The van der Waals surface area contributed by atoms with E-state index < -0.39 is 0 Å². The quantitative estimate of drug-likeness (QED) is 0.691. The SMILES string of the molecule is C=CCN(CC=C)C(=O)NCCC1CCCCC1. The number of urea groups is 1. The van der Waals surface area contributed by atoms with E-state index in [0.29, 0.717) is 13.1 Å². The summed E-state index contributed by atoms with van der Waals surface area (Å²) in [5, 5.41) is 2.99. The molecule has 1 N–H and O–H groups in total. The summed E-state index contributed by atoms with van der Waals surface area (Å²) < 4.78 is 0. The van der Waals surface area contributed by atoms with Gasteiger partial charge in [0.25, 0.3) is 0 Å². The Bertz CT molecular complexity index is 260. The maximum Gasteiger partial charge on any atom is 0.317 e. The van der Waals surface area contributed by atoms with E-state index in [1.807, 2.05) is 0 Å². The van der Waals surface area contributed by atoms with Gasteiger partial charge in [-0.25, -0.2) is 4.79 Å². The molecule has 102 valence electrons. The number of carbonyl (C=O) groups is 1. The van der Waals surface area contributed by atoms with Gasteiger partial charge in [-0.2, -0.15) is 0 Å². The van der Waals surface area contributed by atoms with Crippen LogP contribution in [-0.4, -0.2) is 30.6 Å². The Kier molecular flexibility index (Phi) is 7.23.